The third-order valence-electron chi connectivity index (χ3n) is 3.04. The quantitative estimate of drug-likeness (QED) is 0.803. The summed E-state index contributed by atoms with van der Waals surface area (Å²) in [6.45, 7) is 7.66. The number of halogens is 1. The third kappa shape index (κ3) is 4.23. The minimum Gasteiger partial charge on any atom is -0.310 e. The highest BCUT2D eigenvalue weighted by atomic mass is 35.5. The third-order valence-corrected chi connectivity index (χ3v) is 3.29. The van der Waals surface area contributed by atoms with E-state index in [1.807, 2.05) is 12.1 Å². The molecule has 0 aliphatic rings. The zero-order valence-electron chi connectivity index (χ0n) is 9.76. The van der Waals surface area contributed by atoms with E-state index in [2.05, 4.69) is 38.2 Å². The van der Waals surface area contributed by atoms with Gasteiger partial charge in [0.1, 0.15) is 0 Å². The molecule has 0 saturated heterocycles. The smallest absolute Gasteiger partial charge is 0.0406 e. The minimum atomic E-state index is 0.561. The van der Waals surface area contributed by atoms with E-state index < -0.39 is 0 Å². The van der Waals surface area contributed by atoms with E-state index in [1.54, 1.807) is 0 Å². The Hall–Kier alpha value is -0.530. The van der Waals surface area contributed by atoms with Crippen molar-refractivity contribution in [1.29, 1.82) is 0 Å². The van der Waals surface area contributed by atoms with Gasteiger partial charge >= 0.3 is 0 Å². The van der Waals surface area contributed by atoms with Crippen molar-refractivity contribution < 1.29 is 0 Å². The van der Waals surface area contributed by atoms with Crippen LogP contribution in [-0.4, -0.2) is 6.04 Å². The molecule has 1 rings (SSSR count). The Morgan fingerprint density at radius 1 is 1.20 bits per heavy atom. The molecule has 0 spiro atoms. The molecule has 0 aromatic heterocycles. The molecular formula is C13H20ClN. The first kappa shape index (κ1) is 12.5. The van der Waals surface area contributed by atoms with Gasteiger partial charge in [-0.3, -0.25) is 0 Å². The van der Waals surface area contributed by atoms with Gasteiger partial charge in [-0.2, -0.15) is 0 Å². The van der Waals surface area contributed by atoms with Crippen LogP contribution in [0.15, 0.2) is 24.3 Å². The van der Waals surface area contributed by atoms with Crippen molar-refractivity contribution in [2.45, 2.75) is 39.8 Å². The van der Waals surface area contributed by atoms with Gasteiger partial charge in [0, 0.05) is 17.6 Å². The fraction of sp³-hybridized carbons (Fsp3) is 0.538. The van der Waals surface area contributed by atoms with Crippen molar-refractivity contribution in [2.24, 2.45) is 5.92 Å². The largest absolute Gasteiger partial charge is 0.310 e. The number of hydrogen-bond acceptors (Lipinski definition) is 1. The Bertz CT molecular complexity index is 281. The van der Waals surface area contributed by atoms with E-state index >= 15 is 0 Å². The minimum absolute atomic E-state index is 0.561. The number of benzene rings is 1. The van der Waals surface area contributed by atoms with Crippen LogP contribution in [0.25, 0.3) is 0 Å². The van der Waals surface area contributed by atoms with Crippen molar-refractivity contribution in [1.82, 2.24) is 5.32 Å². The highest BCUT2D eigenvalue weighted by Gasteiger charge is 2.08. The van der Waals surface area contributed by atoms with Gasteiger partial charge in [-0.1, -0.05) is 44.0 Å². The zero-order chi connectivity index (χ0) is 11.3. The lowest BCUT2D eigenvalue weighted by Gasteiger charge is -2.19. The van der Waals surface area contributed by atoms with Crippen LogP contribution in [0.2, 0.25) is 5.02 Å². The number of rotatable bonds is 5. The van der Waals surface area contributed by atoms with Crippen LogP contribution in [0.5, 0.6) is 0 Å². The van der Waals surface area contributed by atoms with Crippen LogP contribution in [0, 0.1) is 5.92 Å². The fourth-order valence-corrected chi connectivity index (χ4v) is 1.56. The summed E-state index contributed by atoms with van der Waals surface area (Å²) in [6, 6.07) is 8.57. The fourth-order valence-electron chi connectivity index (χ4n) is 1.44. The topological polar surface area (TPSA) is 12.0 Å². The molecule has 1 nitrogen and oxygen atoms in total. The molecule has 2 atom stereocenters. The standard InChI is InChI=1S/C13H20ClN/c1-4-10(2)11(3)15-9-12-5-7-13(14)8-6-12/h5-8,10-11,15H,4,9H2,1-3H3. The second-order valence-corrected chi connectivity index (χ2v) is 4.62. The molecule has 0 saturated carbocycles. The summed E-state index contributed by atoms with van der Waals surface area (Å²) < 4.78 is 0. The number of nitrogens with one attached hydrogen (secondary N) is 1. The molecule has 1 aromatic carbocycles. The van der Waals surface area contributed by atoms with E-state index in [0.29, 0.717) is 6.04 Å². The van der Waals surface area contributed by atoms with Gasteiger partial charge in [-0.05, 0) is 30.5 Å². The first-order valence-electron chi connectivity index (χ1n) is 5.61. The maximum Gasteiger partial charge on any atom is 0.0406 e. The lowest BCUT2D eigenvalue weighted by atomic mass is 10.0. The summed E-state index contributed by atoms with van der Waals surface area (Å²) in [7, 11) is 0. The van der Waals surface area contributed by atoms with Crippen LogP contribution >= 0.6 is 11.6 Å². The Labute approximate surface area is 97.8 Å². The first-order valence-corrected chi connectivity index (χ1v) is 5.99. The molecule has 1 aromatic rings. The molecule has 0 bridgehead atoms. The lowest BCUT2D eigenvalue weighted by Crippen LogP contribution is -2.31. The normalized spacial score (nSPS) is 14.9. The SMILES string of the molecule is CCC(C)C(C)NCc1ccc(Cl)cc1. The van der Waals surface area contributed by atoms with E-state index in [0.717, 1.165) is 17.5 Å². The molecule has 0 aliphatic carbocycles. The van der Waals surface area contributed by atoms with Gasteiger partial charge in [0.25, 0.3) is 0 Å². The molecule has 84 valence electrons. The van der Waals surface area contributed by atoms with Crippen molar-refractivity contribution in [3.63, 3.8) is 0 Å². The van der Waals surface area contributed by atoms with Crippen LogP contribution < -0.4 is 5.32 Å². The molecule has 0 heterocycles. The van der Waals surface area contributed by atoms with Gasteiger partial charge in [0.15, 0.2) is 0 Å². The molecule has 15 heavy (non-hydrogen) atoms. The van der Waals surface area contributed by atoms with Gasteiger partial charge < -0.3 is 5.32 Å². The molecule has 0 amide bonds. The molecule has 2 heteroatoms. The van der Waals surface area contributed by atoms with Crippen molar-refractivity contribution in [3.8, 4) is 0 Å². The lowest BCUT2D eigenvalue weighted by molar-refractivity contribution is 0.389. The molecule has 0 fully saturated rings. The van der Waals surface area contributed by atoms with E-state index in [1.165, 1.54) is 12.0 Å². The Morgan fingerprint density at radius 2 is 1.80 bits per heavy atom. The van der Waals surface area contributed by atoms with E-state index in [-0.39, 0.29) is 0 Å². The highest BCUT2D eigenvalue weighted by Crippen LogP contribution is 2.11. The summed E-state index contributed by atoms with van der Waals surface area (Å²) in [5.74, 6) is 0.720. The first-order chi connectivity index (χ1) is 7.13. The predicted molar refractivity (Wildman–Crippen MR) is 67.2 cm³/mol. The van der Waals surface area contributed by atoms with Crippen molar-refractivity contribution in [2.75, 3.05) is 0 Å². The van der Waals surface area contributed by atoms with Crippen LogP contribution in [0.3, 0.4) is 0 Å². The summed E-state index contributed by atoms with van der Waals surface area (Å²) >= 11 is 5.83. The Kier molecular flexibility index (Phi) is 5.13. The number of hydrogen-bond donors (Lipinski definition) is 1. The van der Waals surface area contributed by atoms with Crippen molar-refractivity contribution in [3.05, 3.63) is 34.9 Å². The maximum atomic E-state index is 5.83. The summed E-state index contributed by atoms with van der Waals surface area (Å²) in [4.78, 5) is 0. The van der Waals surface area contributed by atoms with Gasteiger partial charge in [-0.25, -0.2) is 0 Å². The van der Waals surface area contributed by atoms with Gasteiger partial charge in [0.05, 0.1) is 0 Å². The van der Waals surface area contributed by atoms with Crippen LogP contribution in [0.1, 0.15) is 32.8 Å². The second-order valence-electron chi connectivity index (χ2n) is 4.18. The maximum absolute atomic E-state index is 5.83. The molecule has 2 unspecified atom stereocenters. The van der Waals surface area contributed by atoms with Crippen molar-refractivity contribution >= 4 is 11.6 Å². The molecular weight excluding hydrogens is 206 g/mol. The molecule has 1 N–H and O–H groups in total. The van der Waals surface area contributed by atoms with Gasteiger partial charge in [0.2, 0.25) is 0 Å². The Morgan fingerprint density at radius 3 is 2.33 bits per heavy atom. The monoisotopic (exact) mass is 225 g/mol. The second kappa shape index (κ2) is 6.14. The molecule has 0 aliphatic heterocycles. The average molecular weight is 226 g/mol. The van der Waals surface area contributed by atoms with Crippen LogP contribution in [0.4, 0.5) is 0 Å². The average Bonchev–Trinajstić information content (AvgIpc) is 2.26. The summed E-state index contributed by atoms with van der Waals surface area (Å²) in [5.41, 5.74) is 1.29. The van der Waals surface area contributed by atoms with E-state index in [4.69, 9.17) is 11.6 Å². The molecule has 0 radical (unpaired) electrons. The zero-order valence-corrected chi connectivity index (χ0v) is 10.5. The van der Waals surface area contributed by atoms with Crippen LogP contribution in [-0.2, 0) is 6.54 Å². The highest BCUT2D eigenvalue weighted by molar-refractivity contribution is 6.30. The predicted octanol–water partition coefficient (Wildman–Crippen LogP) is 3.86. The van der Waals surface area contributed by atoms with Gasteiger partial charge in [-0.15, -0.1) is 0 Å². The Balaban J connectivity index is 2.40. The summed E-state index contributed by atoms with van der Waals surface area (Å²) in [5, 5.41) is 4.33. The van der Waals surface area contributed by atoms with E-state index in [9.17, 15) is 0 Å². The summed E-state index contributed by atoms with van der Waals surface area (Å²) in [6.07, 6.45) is 1.22.